The largest absolute Gasteiger partial charge is 0.466 e. The van der Waals surface area contributed by atoms with Crippen molar-refractivity contribution >= 4 is 11.9 Å². The molecule has 0 bridgehead atoms. The summed E-state index contributed by atoms with van der Waals surface area (Å²) in [5, 5.41) is 23.3. The van der Waals surface area contributed by atoms with E-state index in [2.05, 4.69) is 31.3 Å². The first kappa shape index (κ1) is 80.3. The number of esters is 1. The lowest BCUT2D eigenvalue weighted by molar-refractivity contribution is -0.143. The van der Waals surface area contributed by atoms with Crippen molar-refractivity contribution in [2.24, 2.45) is 0 Å². The molecule has 0 heterocycles. The SMILES string of the molecule is CCCCCCCCCCCCCCCCCCCCC/C=C/C(O)C(CO)NC(=O)CCCCCCCCCCCCCCCCCC/C=C\CCCCCCCCCCCCCCOC(=O)CCCCCCCCCCCCCC. The van der Waals surface area contributed by atoms with Gasteiger partial charge in [0.1, 0.15) is 0 Å². The van der Waals surface area contributed by atoms with Crippen LogP contribution in [0.5, 0.6) is 0 Å². The number of carbonyl (C=O) groups excluding carboxylic acids is 2. The van der Waals surface area contributed by atoms with Crippen LogP contribution in [0.1, 0.15) is 425 Å². The van der Waals surface area contributed by atoms with Gasteiger partial charge in [-0.1, -0.05) is 378 Å². The fourth-order valence-corrected chi connectivity index (χ4v) is 12.0. The highest BCUT2D eigenvalue weighted by Crippen LogP contribution is 2.19. The van der Waals surface area contributed by atoms with E-state index in [1.807, 2.05) is 6.08 Å². The number of allylic oxidation sites excluding steroid dienone is 3. The van der Waals surface area contributed by atoms with Crippen LogP contribution in [0.4, 0.5) is 0 Å². The van der Waals surface area contributed by atoms with Crippen LogP contribution in [0.3, 0.4) is 0 Å². The number of carbonyl (C=O) groups is 2. The minimum absolute atomic E-state index is 0.0194. The van der Waals surface area contributed by atoms with E-state index in [0.29, 0.717) is 19.4 Å². The number of aliphatic hydroxyl groups is 2. The lowest BCUT2D eigenvalue weighted by atomic mass is 10.0. The molecule has 0 aliphatic heterocycles. The van der Waals surface area contributed by atoms with Gasteiger partial charge in [-0.15, -0.1) is 0 Å². The topological polar surface area (TPSA) is 95.9 Å². The first-order valence-electron chi connectivity index (χ1n) is 37.6. The van der Waals surface area contributed by atoms with Crippen LogP contribution >= 0.6 is 0 Å². The fourth-order valence-electron chi connectivity index (χ4n) is 12.0. The molecule has 0 aromatic rings. The van der Waals surface area contributed by atoms with Gasteiger partial charge in [-0.3, -0.25) is 9.59 Å². The molecule has 6 nitrogen and oxygen atoms in total. The molecule has 0 fully saturated rings. The monoisotopic (exact) mass is 1150 g/mol. The van der Waals surface area contributed by atoms with Gasteiger partial charge in [0, 0.05) is 12.8 Å². The number of rotatable bonds is 71. The minimum atomic E-state index is -0.843. The molecule has 486 valence electrons. The molecule has 2 atom stereocenters. The minimum Gasteiger partial charge on any atom is -0.466 e. The predicted octanol–water partition coefficient (Wildman–Crippen LogP) is 24.5. The Morgan fingerprint density at radius 1 is 0.329 bits per heavy atom. The Bertz CT molecular complexity index is 1280. The highest BCUT2D eigenvalue weighted by Gasteiger charge is 2.18. The molecule has 0 saturated heterocycles. The van der Waals surface area contributed by atoms with Gasteiger partial charge in [0.25, 0.3) is 0 Å². The van der Waals surface area contributed by atoms with Crippen molar-refractivity contribution in [2.75, 3.05) is 13.2 Å². The zero-order valence-corrected chi connectivity index (χ0v) is 55.8. The van der Waals surface area contributed by atoms with Gasteiger partial charge in [-0.2, -0.15) is 0 Å². The van der Waals surface area contributed by atoms with E-state index in [9.17, 15) is 19.8 Å². The molecule has 0 aliphatic rings. The maximum atomic E-state index is 12.5. The van der Waals surface area contributed by atoms with Crippen LogP contribution in [0.25, 0.3) is 0 Å². The Labute approximate surface area is 513 Å². The Hall–Kier alpha value is -1.66. The van der Waals surface area contributed by atoms with Crippen molar-refractivity contribution in [3.8, 4) is 0 Å². The first-order chi connectivity index (χ1) is 40.5. The summed E-state index contributed by atoms with van der Waals surface area (Å²) in [6.45, 7) is 4.95. The Morgan fingerprint density at radius 2 is 0.573 bits per heavy atom. The number of amides is 1. The second-order valence-electron chi connectivity index (χ2n) is 26.0. The quantitative estimate of drug-likeness (QED) is 0.0320. The molecule has 0 aliphatic carbocycles. The van der Waals surface area contributed by atoms with Gasteiger partial charge >= 0.3 is 5.97 Å². The van der Waals surface area contributed by atoms with Crippen molar-refractivity contribution in [1.29, 1.82) is 0 Å². The van der Waals surface area contributed by atoms with Gasteiger partial charge < -0.3 is 20.3 Å². The van der Waals surface area contributed by atoms with Crippen LogP contribution in [-0.2, 0) is 14.3 Å². The molecular formula is C76H147NO5. The standard InChI is InChI=1S/C76H147NO5/c1-3-5-7-9-11-13-15-17-18-19-20-33-36-39-42-45-48-52-56-60-64-68-74(79)73(72-78)77-75(80)69-65-61-57-53-49-46-43-40-37-34-31-29-27-25-23-21-22-24-26-28-30-32-35-38-41-44-47-51-55-59-63-67-71-82-76(81)70-66-62-58-54-50-16-14-12-10-8-6-4-2/h24,26,64,68,73-74,78-79H,3-23,25,27-63,65-67,69-72H2,1-2H3,(H,77,80)/b26-24-,68-64+. The van der Waals surface area contributed by atoms with Gasteiger partial charge in [-0.25, -0.2) is 0 Å². The zero-order chi connectivity index (χ0) is 59.2. The summed E-state index contributed by atoms with van der Waals surface area (Å²) in [4.78, 5) is 24.6. The van der Waals surface area contributed by atoms with Crippen molar-refractivity contribution in [3.63, 3.8) is 0 Å². The average Bonchev–Trinajstić information content (AvgIpc) is 3.48. The van der Waals surface area contributed by atoms with E-state index in [1.165, 1.54) is 360 Å². The van der Waals surface area contributed by atoms with Gasteiger partial charge in [0.05, 0.1) is 25.4 Å². The number of aliphatic hydroxyl groups excluding tert-OH is 2. The van der Waals surface area contributed by atoms with Crippen LogP contribution in [0.2, 0.25) is 0 Å². The predicted molar refractivity (Wildman–Crippen MR) is 361 cm³/mol. The third kappa shape index (κ3) is 67.5. The number of hydrogen-bond acceptors (Lipinski definition) is 5. The molecule has 6 heteroatoms. The molecule has 0 radical (unpaired) electrons. The van der Waals surface area contributed by atoms with Gasteiger partial charge in [0.15, 0.2) is 0 Å². The second kappa shape index (κ2) is 71.8. The zero-order valence-electron chi connectivity index (χ0n) is 55.8. The third-order valence-corrected chi connectivity index (χ3v) is 17.7. The molecule has 0 aromatic carbocycles. The molecule has 0 aromatic heterocycles. The summed E-state index contributed by atoms with van der Waals surface area (Å²) in [5.74, 6) is -0.0414. The highest BCUT2D eigenvalue weighted by molar-refractivity contribution is 5.76. The van der Waals surface area contributed by atoms with E-state index in [0.717, 1.165) is 38.5 Å². The van der Waals surface area contributed by atoms with Gasteiger partial charge in [-0.05, 0) is 57.8 Å². The smallest absolute Gasteiger partial charge is 0.305 e. The Balaban J connectivity index is 3.38. The second-order valence-corrected chi connectivity index (χ2v) is 26.0. The summed E-state index contributed by atoms with van der Waals surface area (Å²) in [7, 11) is 0. The van der Waals surface area contributed by atoms with Crippen molar-refractivity contribution in [3.05, 3.63) is 24.3 Å². The van der Waals surface area contributed by atoms with E-state index in [-0.39, 0.29) is 18.5 Å². The van der Waals surface area contributed by atoms with E-state index in [1.54, 1.807) is 6.08 Å². The maximum absolute atomic E-state index is 12.5. The summed E-state index contributed by atoms with van der Waals surface area (Å²) in [5.41, 5.74) is 0. The molecule has 1 amide bonds. The summed E-state index contributed by atoms with van der Waals surface area (Å²) >= 11 is 0. The number of hydrogen-bond donors (Lipinski definition) is 3. The van der Waals surface area contributed by atoms with Crippen LogP contribution < -0.4 is 5.32 Å². The van der Waals surface area contributed by atoms with E-state index in [4.69, 9.17) is 4.74 Å². The average molecular weight is 1160 g/mol. The fraction of sp³-hybridized carbons (Fsp3) is 0.921. The Kier molecular flexibility index (Phi) is 70.4. The summed E-state index contributed by atoms with van der Waals surface area (Å²) in [6.07, 6.45) is 91.4. The third-order valence-electron chi connectivity index (χ3n) is 17.7. The molecule has 2 unspecified atom stereocenters. The molecule has 82 heavy (non-hydrogen) atoms. The van der Waals surface area contributed by atoms with Crippen molar-refractivity contribution < 1.29 is 24.5 Å². The Morgan fingerprint density at radius 3 is 0.866 bits per heavy atom. The van der Waals surface area contributed by atoms with Crippen molar-refractivity contribution in [2.45, 2.75) is 437 Å². The summed E-state index contributed by atoms with van der Waals surface area (Å²) < 4.78 is 5.48. The lowest BCUT2D eigenvalue weighted by Gasteiger charge is -2.20. The molecule has 3 N–H and O–H groups in total. The summed E-state index contributed by atoms with van der Waals surface area (Å²) in [6, 6.07) is -0.627. The molecule has 0 rings (SSSR count). The van der Waals surface area contributed by atoms with E-state index < -0.39 is 12.1 Å². The number of nitrogens with one attached hydrogen (secondary N) is 1. The number of unbranched alkanes of at least 4 members (excludes halogenated alkanes) is 58. The molecular weight excluding hydrogens is 1010 g/mol. The van der Waals surface area contributed by atoms with Crippen LogP contribution in [-0.4, -0.2) is 47.4 Å². The molecule has 0 spiro atoms. The van der Waals surface area contributed by atoms with Crippen LogP contribution in [0.15, 0.2) is 24.3 Å². The molecule has 0 saturated carbocycles. The van der Waals surface area contributed by atoms with Crippen LogP contribution in [0, 0.1) is 0 Å². The van der Waals surface area contributed by atoms with Crippen molar-refractivity contribution in [1.82, 2.24) is 5.32 Å². The lowest BCUT2D eigenvalue weighted by Crippen LogP contribution is -2.45. The first-order valence-corrected chi connectivity index (χ1v) is 37.6. The van der Waals surface area contributed by atoms with E-state index >= 15 is 0 Å². The maximum Gasteiger partial charge on any atom is 0.305 e. The highest BCUT2D eigenvalue weighted by atomic mass is 16.5. The van der Waals surface area contributed by atoms with Gasteiger partial charge in [0.2, 0.25) is 5.91 Å². The normalized spacial score (nSPS) is 12.6. The number of ether oxygens (including phenoxy) is 1.